The van der Waals surface area contributed by atoms with E-state index >= 15 is 0 Å². The third-order valence-electron chi connectivity index (χ3n) is 4.12. The lowest BCUT2D eigenvalue weighted by Gasteiger charge is -2.26. The zero-order valence-corrected chi connectivity index (χ0v) is 13.8. The summed E-state index contributed by atoms with van der Waals surface area (Å²) in [6.45, 7) is 5.68. The summed E-state index contributed by atoms with van der Waals surface area (Å²) in [5, 5.41) is 6.35. The minimum atomic E-state index is -0.301. The molecule has 20 heavy (non-hydrogen) atoms. The van der Waals surface area contributed by atoms with Crippen molar-refractivity contribution in [3.05, 3.63) is 22.2 Å². The van der Waals surface area contributed by atoms with Gasteiger partial charge >= 0.3 is 0 Å². The molecule has 1 aromatic carbocycles. The molecule has 1 saturated heterocycles. The number of hydrogen-bond donors (Lipinski definition) is 2. The third-order valence-corrected chi connectivity index (χ3v) is 4.58. The van der Waals surface area contributed by atoms with E-state index in [2.05, 4.69) is 33.5 Å². The Bertz CT molecular complexity index is 511. The Morgan fingerprint density at radius 1 is 1.55 bits per heavy atom. The van der Waals surface area contributed by atoms with Gasteiger partial charge in [0.05, 0.1) is 18.2 Å². The monoisotopic (exact) mass is 340 g/mol. The van der Waals surface area contributed by atoms with Crippen molar-refractivity contribution >= 4 is 27.5 Å². The minimum Gasteiger partial charge on any atom is -0.495 e. The van der Waals surface area contributed by atoms with Gasteiger partial charge in [-0.1, -0.05) is 22.9 Å². The normalized spacial score (nSPS) is 21.8. The second-order valence-electron chi connectivity index (χ2n) is 5.31. The largest absolute Gasteiger partial charge is 0.495 e. The Morgan fingerprint density at radius 2 is 2.30 bits per heavy atom. The highest BCUT2D eigenvalue weighted by Crippen LogP contribution is 2.36. The Labute approximate surface area is 128 Å². The summed E-state index contributed by atoms with van der Waals surface area (Å²) in [5.41, 5.74) is 1.45. The summed E-state index contributed by atoms with van der Waals surface area (Å²) >= 11 is 3.44. The van der Waals surface area contributed by atoms with E-state index in [0.717, 1.165) is 41.7 Å². The summed E-state index contributed by atoms with van der Waals surface area (Å²) in [4.78, 5) is 12.7. The maximum absolute atomic E-state index is 12.7. The van der Waals surface area contributed by atoms with Gasteiger partial charge in [-0.25, -0.2) is 0 Å². The van der Waals surface area contributed by atoms with Crippen molar-refractivity contribution in [2.45, 2.75) is 26.7 Å². The van der Waals surface area contributed by atoms with E-state index in [1.54, 1.807) is 7.11 Å². The fourth-order valence-electron chi connectivity index (χ4n) is 2.68. The number of anilines is 1. The van der Waals surface area contributed by atoms with Crippen molar-refractivity contribution in [1.29, 1.82) is 0 Å². The predicted octanol–water partition coefficient (Wildman–Crippen LogP) is 3.09. The zero-order valence-electron chi connectivity index (χ0n) is 12.2. The van der Waals surface area contributed by atoms with Gasteiger partial charge in [-0.15, -0.1) is 0 Å². The van der Waals surface area contributed by atoms with E-state index in [0.29, 0.717) is 5.75 Å². The molecule has 0 saturated carbocycles. The maximum Gasteiger partial charge on any atom is 0.232 e. The molecule has 0 aliphatic carbocycles. The number of methoxy groups -OCH3 is 1. The first-order chi connectivity index (χ1) is 9.52. The number of benzene rings is 1. The van der Waals surface area contributed by atoms with Crippen molar-refractivity contribution in [3.8, 4) is 5.75 Å². The van der Waals surface area contributed by atoms with Gasteiger partial charge in [0.1, 0.15) is 5.75 Å². The van der Waals surface area contributed by atoms with Gasteiger partial charge in [0.2, 0.25) is 5.91 Å². The number of amides is 1. The van der Waals surface area contributed by atoms with Crippen molar-refractivity contribution in [1.82, 2.24) is 5.32 Å². The molecule has 1 aromatic rings. The molecule has 1 unspecified atom stereocenters. The highest BCUT2D eigenvalue weighted by molar-refractivity contribution is 9.10. The fraction of sp³-hybridized carbons (Fsp3) is 0.533. The Morgan fingerprint density at radius 3 is 2.85 bits per heavy atom. The SMILES string of the molecule is CCC1(C(=O)Nc2c(C)cc(Br)cc2OC)CCNC1. The number of carbonyl (C=O) groups is 1. The molecule has 1 atom stereocenters. The molecule has 0 radical (unpaired) electrons. The Kier molecular flexibility index (Phi) is 4.70. The molecular formula is C15H21BrN2O2. The highest BCUT2D eigenvalue weighted by Gasteiger charge is 2.39. The molecule has 1 amide bonds. The molecule has 5 heteroatoms. The average Bonchev–Trinajstić information content (AvgIpc) is 2.91. The van der Waals surface area contributed by atoms with Crippen molar-refractivity contribution in [3.63, 3.8) is 0 Å². The van der Waals surface area contributed by atoms with Gasteiger partial charge in [0.15, 0.2) is 0 Å². The number of nitrogens with one attached hydrogen (secondary N) is 2. The smallest absolute Gasteiger partial charge is 0.232 e. The van der Waals surface area contributed by atoms with Crippen LogP contribution in [0.15, 0.2) is 16.6 Å². The highest BCUT2D eigenvalue weighted by atomic mass is 79.9. The standard InChI is InChI=1S/C15H21BrN2O2/c1-4-15(5-6-17-9-15)14(19)18-13-10(2)7-11(16)8-12(13)20-3/h7-8,17H,4-6,9H2,1-3H3,(H,18,19). The molecule has 0 spiro atoms. The van der Waals surface area contributed by atoms with Crippen LogP contribution in [0.3, 0.4) is 0 Å². The van der Waals surface area contributed by atoms with Crippen molar-refractivity contribution in [2.24, 2.45) is 5.41 Å². The van der Waals surface area contributed by atoms with Crippen LogP contribution >= 0.6 is 15.9 Å². The summed E-state index contributed by atoms with van der Waals surface area (Å²) in [6, 6.07) is 3.85. The van der Waals surface area contributed by atoms with E-state index in [1.807, 2.05) is 19.1 Å². The summed E-state index contributed by atoms with van der Waals surface area (Å²) in [5.74, 6) is 0.760. The first kappa shape index (κ1) is 15.3. The number of rotatable bonds is 4. The minimum absolute atomic E-state index is 0.0775. The molecule has 0 bridgehead atoms. The van der Waals surface area contributed by atoms with Gasteiger partial charge in [-0.05, 0) is 44.0 Å². The molecule has 0 aromatic heterocycles. The van der Waals surface area contributed by atoms with Gasteiger partial charge in [-0.3, -0.25) is 4.79 Å². The van der Waals surface area contributed by atoms with Crippen molar-refractivity contribution in [2.75, 3.05) is 25.5 Å². The van der Waals surface area contributed by atoms with Gasteiger partial charge in [0, 0.05) is 11.0 Å². The van der Waals surface area contributed by atoms with E-state index in [-0.39, 0.29) is 11.3 Å². The summed E-state index contributed by atoms with van der Waals surface area (Å²) < 4.78 is 6.32. The van der Waals surface area contributed by atoms with E-state index in [9.17, 15) is 4.79 Å². The van der Waals surface area contributed by atoms with Crippen LogP contribution in [-0.2, 0) is 4.79 Å². The van der Waals surface area contributed by atoms with Crippen LogP contribution in [0.1, 0.15) is 25.3 Å². The summed E-state index contributed by atoms with van der Waals surface area (Å²) in [7, 11) is 1.61. The number of aryl methyl sites for hydroxylation is 1. The molecule has 1 fully saturated rings. The molecule has 1 heterocycles. The van der Waals surface area contributed by atoms with Crippen LogP contribution in [0.2, 0.25) is 0 Å². The second-order valence-corrected chi connectivity index (χ2v) is 6.23. The Balaban J connectivity index is 2.28. The van der Waals surface area contributed by atoms with Gasteiger partial charge < -0.3 is 15.4 Å². The average molecular weight is 341 g/mol. The lowest BCUT2D eigenvalue weighted by Crippen LogP contribution is -2.37. The maximum atomic E-state index is 12.7. The zero-order chi connectivity index (χ0) is 14.8. The van der Waals surface area contributed by atoms with Crippen LogP contribution in [0.25, 0.3) is 0 Å². The first-order valence-corrected chi connectivity index (χ1v) is 7.68. The van der Waals surface area contributed by atoms with Crippen molar-refractivity contribution < 1.29 is 9.53 Å². The first-order valence-electron chi connectivity index (χ1n) is 6.89. The van der Waals surface area contributed by atoms with Gasteiger partial charge in [-0.2, -0.15) is 0 Å². The molecule has 2 N–H and O–H groups in total. The Hall–Kier alpha value is -1.07. The second kappa shape index (κ2) is 6.14. The van der Waals surface area contributed by atoms with Crippen LogP contribution in [0.5, 0.6) is 5.75 Å². The molecule has 1 aliphatic heterocycles. The quantitative estimate of drug-likeness (QED) is 0.885. The van der Waals surface area contributed by atoms with Crippen LogP contribution in [0, 0.1) is 12.3 Å². The predicted molar refractivity (Wildman–Crippen MR) is 84.3 cm³/mol. The topological polar surface area (TPSA) is 50.4 Å². The van der Waals surface area contributed by atoms with Crippen LogP contribution < -0.4 is 15.4 Å². The van der Waals surface area contributed by atoms with Crippen LogP contribution in [-0.4, -0.2) is 26.1 Å². The van der Waals surface area contributed by atoms with Gasteiger partial charge in [0.25, 0.3) is 0 Å². The lowest BCUT2D eigenvalue weighted by atomic mass is 9.83. The molecule has 110 valence electrons. The fourth-order valence-corrected chi connectivity index (χ4v) is 3.23. The molecule has 1 aliphatic rings. The van der Waals surface area contributed by atoms with Crippen LogP contribution in [0.4, 0.5) is 5.69 Å². The van der Waals surface area contributed by atoms with E-state index in [4.69, 9.17) is 4.74 Å². The molecular weight excluding hydrogens is 320 g/mol. The number of ether oxygens (including phenoxy) is 1. The van der Waals surface area contributed by atoms with E-state index in [1.165, 1.54) is 0 Å². The molecule has 4 nitrogen and oxygen atoms in total. The third kappa shape index (κ3) is 2.83. The van der Waals surface area contributed by atoms with E-state index < -0.39 is 0 Å². The summed E-state index contributed by atoms with van der Waals surface area (Å²) in [6.07, 6.45) is 1.72. The number of halogens is 1. The molecule has 2 rings (SSSR count). The lowest BCUT2D eigenvalue weighted by molar-refractivity contribution is -0.124. The number of hydrogen-bond acceptors (Lipinski definition) is 3. The number of carbonyl (C=O) groups excluding carboxylic acids is 1.